The van der Waals surface area contributed by atoms with Crippen LogP contribution in [0.15, 0.2) is 9.90 Å². The van der Waals surface area contributed by atoms with Gasteiger partial charge in [0.05, 0.1) is 5.54 Å². The largest absolute Gasteiger partial charge is 0.344 e. The normalized spacial score (nSPS) is 19.5. The molecule has 4 rings (SSSR count). The maximum Gasteiger partial charge on any atom is 0.227 e. The first kappa shape index (κ1) is 15.7. The number of thiazole rings is 1. The number of rotatable bonds is 6. The predicted molar refractivity (Wildman–Crippen MR) is 89.7 cm³/mol. The van der Waals surface area contributed by atoms with Gasteiger partial charge in [0.15, 0.2) is 5.82 Å². The Hall–Kier alpha value is -1.76. The van der Waals surface area contributed by atoms with Gasteiger partial charge in [-0.3, -0.25) is 4.79 Å². The van der Waals surface area contributed by atoms with Gasteiger partial charge < -0.3 is 9.84 Å². The Morgan fingerprint density at radius 3 is 2.83 bits per heavy atom. The molecule has 2 heterocycles. The molecule has 0 aliphatic heterocycles. The van der Waals surface area contributed by atoms with Crippen molar-refractivity contribution in [2.75, 3.05) is 0 Å². The fourth-order valence-corrected chi connectivity index (χ4v) is 4.38. The second-order valence-corrected chi connectivity index (χ2v) is 7.81. The molecule has 2 fully saturated rings. The van der Waals surface area contributed by atoms with Gasteiger partial charge in [-0.05, 0) is 32.6 Å². The summed E-state index contributed by atoms with van der Waals surface area (Å²) in [5, 5.41) is 10.3. The molecule has 128 valence electrons. The maximum absolute atomic E-state index is 12.5. The number of aryl methyl sites for hydroxylation is 2. The van der Waals surface area contributed by atoms with E-state index in [2.05, 4.69) is 25.8 Å². The molecule has 2 aliphatic carbocycles. The van der Waals surface area contributed by atoms with E-state index in [1.165, 1.54) is 0 Å². The van der Waals surface area contributed by atoms with Gasteiger partial charge in [-0.1, -0.05) is 18.0 Å². The maximum atomic E-state index is 12.5. The average Bonchev–Trinajstić information content (AvgIpc) is 2.98. The van der Waals surface area contributed by atoms with Crippen LogP contribution < -0.4 is 5.32 Å². The van der Waals surface area contributed by atoms with Crippen molar-refractivity contribution < 1.29 is 9.32 Å². The number of nitrogens with one attached hydrogen (secondary N) is 1. The molecule has 6 nitrogen and oxygen atoms in total. The second-order valence-electron chi connectivity index (χ2n) is 6.95. The molecule has 2 aromatic rings. The van der Waals surface area contributed by atoms with Crippen LogP contribution in [0.2, 0.25) is 0 Å². The molecular formula is C17H22N4O2S. The number of hydrogen-bond acceptors (Lipinski definition) is 6. The number of hydrogen-bond donors (Lipinski definition) is 1. The van der Waals surface area contributed by atoms with E-state index >= 15 is 0 Å². The van der Waals surface area contributed by atoms with Crippen LogP contribution in [0.3, 0.4) is 0 Å². The summed E-state index contributed by atoms with van der Waals surface area (Å²) < 4.78 is 5.25. The van der Waals surface area contributed by atoms with Crippen LogP contribution in [0.1, 0.15) is 73.3 Å². The minimum Gasteiger partial charge on any atom is -0.344 e. The molecule has 0 atom stereocenters. The lowest BCUT2D eigenvalue weighted by Gasteiger charge is -2.28. The van der Waals surface area contributed by atoms with E-state index in [0.717, 1.165) is 55.1 Å². The highest BCUT2D eigenvalue weighted by Crippen LogP contribution is 2.40. The average molecular weight is 346 g/mol. The predicted octanol–water partition coefficient (Wildman–Crippen LogP) is 3.23. The first-order valence-corrected chi connectivity index (χ1v) is 9.59. The molecule has 1 amide bonds. The van der Waals surface area contributed by atoms with E-state index in [1.807, 2.05) is 6.92 Å². The Morgan fingerprint density at radius 2 is 2.17 bits per heavy atom. The van der Waals surface area contributed by atoms with Crippen molar-refractivity contribution in [1.29, 1.82) is 0 Å². The van der Waals surface area contributed by atoms with Crippen molar-refractivity contribution in [3.8, 4) is 0 Å². The SMILES string of the molecule is Cc1csc(C2(NC(=O)CCc3nc(C4CC4)no3)CCCC2)n1. The van der Waals surface area contributed by atoms with Crippen molar-refractivity contribution in [1.82, 2.24) is 20.4 Å². The lowest BCUT2D eigenvalue weighted by Crippen LogP contribution is -2.43. The van der Waals surface area contributed by atoms with Crippen molar-refractivity contribution in [2.45, 2.75) is 69.7 Å². The summed E-state index contributed by atoms with van der Waals surface area (Å²) in [4.78, 5) is 21.5. The molecule has 0 unspecified atom stereocenters. The smallest absolute Gasteiger partial charge is 0.227 e. The Kier molecular flexibility index (Phi) is 4.12. The van der Waals surface area contributed by atoms with E-state index in [4.69, 9.17) is 4.52 Å². The summed E-state index contributed by atoms with van der Waals surface area (Å²) in [6.07, 6.45) is 7.37. The van der Waals surface area contributed by atoms with Crippen molar-refractivity contribution in [3.05, 3.63) is 27.8 Å². The van der Waals surface area contributed by atoms with Gasteiger partial charge in [-0.25, -0.2) is 4.98 Å². The fourth-order valence-electron chi connectivity index (χ4n) is 3.37. The summed E-state index contributed by atoms with van der Waals surface area (Å²) in [7, 11) is 0. The molecule has 0 bridgehead atoms. The van der Waals surface area contributed by atoms with Gasteiger partial charge >= 0.3 is 0 Å². The number of amides is 1. The summed E-state index contributed by atoms with van der Waals surface area (Å²) in [6.45, 7) is 2.00. The van der Waals surface area contributed by atoms with Crippen LogP contribution in [0.5, 0.6) is 0 Å². The molecule has 2 aromatic heterocycles. The third kappa shape index (κ3) is 3.22. The van der Waals surface area contributed by atoms with Crippen molar-refractivity contribution in [2.24, 2.45) is 0 Å². The highest BCUT2D eigenvalue weighted by atomic mass is 32.1. The zero-order chi connectivity index (χ0) is 16.6. The Balaban J connectivity index is 1.38. The number of carbonyl (C=O) groups is 1. The second kappa shape index (κ2) is 6.27. The third-order valence-electron chi connectivity index (χ3n) is 4.86. The van der Waals surface area contributed by atoms with Crippen LogP contribution in [0.4, 0.5) is 0 Å². The zero-order valence-corrected chi connectivity index (χ0v) is 14.7. The molecule has 7 heteroatoms. The van der Waals surface area contributed by atoms with Crippen molar-refractivity contribution >= 4 is 17.2 Å². The topological polar surface area (TPSA) is 80.9 Å². The summed E-state index contributed by atoms with van der Waals surface area (Å²) in [5.41, 5.74) is 0.748. The molecule has 2 saturated carbocycles. The fraction of sp³-hybridized carbons (Fsp3) is 0.647. The molecule has 0 saturated heterocycles. The summed E-state index contributed by atoms with van der Waals surface area (Å²) in [6, 6.07) is 0. The molecule has 2 aliphatic rings. The molecule has 24 heavy (non-hydrogen) atoms. The van der Waals surface area contributed by atoms with E-state index in [1.54, 1.807) is 11.3 Å². The molecule has 0 aromatic carbocycles. The van der Waals surface area contributed by atoms with E-state index in [-0.39, 0.29) is 11.4 Å². The highest BCUT2D eigenvalue weighted by molar-refractivity contribution is 7.09. The van der Waals surface area contributed by atoms with Crippen LogP contribution >= 0.6 is 11.3 Å². The molecule has 0 spiro atoms. The van der Waals surface area contributed by atoms with Crippen LogP contribution in [-0.2, 0) is 16.8 Å². The first-order valence-electron chi connectivity index (χ1n) is 8.71. The first-order chi connectivity index (χ1) is 11.6. The zero-order valence-electron chi connectivity index (χ0n) is 13.9. The van der Waals surface area contributed by atoms with Crippen LogP contribution in [0, 0.1) is 6.92 Å². The lowest BCUT2D eigenvalue weighted by atomic mass is 9.98. The van der Waals surface area contributed by atoms with Gasteiger partial charge in [-0.15, -0.1) is 11.3 Å². The molecule has 0 radical (unpaired) electrons. The van der Waals surface area contributed by atoms with Gasteiger partial charge in [0.2, 0.25) is 11.8 Å². The van der Waals surface area contributed by atoms with E-state index < -0.39 is 0 Å². The van der Waals surface area contributed by atoms with Gasteiger partial charge in [0.1, 0.15) is 5.01 Å². The number of nitrogens with zero attached hydrogens (tertiary/aromatic N) is 3. The van der Waals surface area contributed by atoms with E-state index in [9.17, 15) is 4.79 Å². The lowest BCUT2D eigenvalue weighted by molar-refractivity contribution is -0.123. The third-order valence-corrected chi connectivity index (χ3v) is 6.02. The monoisotopic (exact) mass is 346 g/mol. The van der Waals surface area contributed by atoms with Crippen molar-refractivity contribution in [3.63, 3.8) is 0 Å². The number of aromatic nitrogens is 3. The Labute approximate surface area is 145 Å². The van der Waals surface area contributed by atoms with Crippen LogP contribution in [-0.4, -0.2) is 21.0 Å². The molecular weight excluding hydrogens is 324 g/mol. The Morgan fingerprint density at radius 1 is 1.38 bits per heavy atom. The van der Waals surface area contributed by atoms with Gasteiger partial charge in [-0.2, -0.15) is 4.98 Å². The highest BCUT2D eigenvalue weighted by Gasteiger charge is 2.39. The minimum absolute atomic E-state index is 0.0379. The van der Waals surface area contributed by atoms with Gasteiger partial charge in [0, 0.05) is 29.8 Å². The Bertz CT molecular complexity index is 729. The minimum atomic E-state index is -0.274. The summed E-state index contributed by atoms with van der Waals surface area (Å²) >= 11 is 1.65. The van der Waals surface area contributed by atoms with Gasteiger partial charge in [0.25, 0.3) is 0 Å². The van der Waals surface area contributed by atoms with E-state index in [0.29, 0.717) is 24.7 Å². The summed E-state index contributed by atoms with van der Waals surface area (Å²) in [5.74, 6) is 1.88. The van der Waals surface area contributed by atoms with Crippen LogP contribution in [0.25, 0.3) is 0 Å². The number of carbonyl (C=O) groups excluding carboxylic acids is 1. The molecule has 1 N–H and O–H groups in total. The standard InChI is InChI=1S/C17H22N4O2S/c1-11-10-24-16(18-11)17(8-2-3-9-17)20-13(22)6-7-14-19-15(21-23-14)12-4-5-12/h10,12H,2-9H2,1H3,(H,20,22). The quantitative estimate of drug-likeness (QED) is 0.868.